The lowest BCUT2D eigenvalue weighted by Gasteiger charge is -2.25. The van der Waals surface area contributed by atoms with Crippen molar-refractivity contribution in [3.05, 3.63) is 35.9 Å². The first-order valence-corrected chi connectivity index (χ1v) is 9.64. The molecule has 1 aliphatic heterocycles. The maximum atomic E-state index is 12.6. The quantitative estimate of drug-likeness (QED) is 0.595. The average molecular weight is 372 g/mol. The van der Waals surface area contributed by atoms with Crippen molar-refractivity contribution in [1.29, 1.82) is 0 Å². The molecule has 5 amide bonds. The Kier molecular flexibility index (Phi) is 5.68. The summed E-state index contributed by atoms with van der Waals surface area (Å²) in [4.78, 5) is 40.0. The highest BCUT2D eigenvalue weighted by molar-refractivity contribution is 6.07. The van der Waals surface area contributed by atoms with Crippen LogP contribution in [-0.2, 0) is 4.79 Å². The molecular formula is C20H28N4O3. The minimum Gasteiger partial charge on any atom is -0.338 e. The third kappa shape index (κ3) is 3.91. The number of rotatable bonds is 6. The zero-order valence-corrected chi connectivity index (χ0v) is 16.0. The molecule has 2 N–H and O–H groups in total. The molecule has 2 fully saturated rings. The zero-order valence-electron chi connectivity index (χ0n) is 16.0. The molecule has 1 aromatic carbocycles. The summed E-state index contributed by atoms with van der Waals surface area (Å²) >= 11 is 0. The summed E-state index contributed by atoms with van der Waals surface area (Å²) in [6.07, 6.45) is 3.94. The Morgan fingerprint density at radius 3 is 2.59 bits per heavy atom. The van der Waals surface area contributed by atoms with E-state index in [0.29, 0.717) is 19.5 Å². The van der Waals surface area contributed by atoms with Crippen molar-refractivity contribution in [1.82, 2.24) is 20.4 Å². The van der Waals surface area contributed by atoms with Crippen molar-refractivity contribution in [2.45, 2.75) is 50.6 Å². The first kappa shape index (κ1) is 19.2. The van der Waals surface area contributed by atoms with Crippen LogP contribution in [0.2, 0.25) is 0 Å². The summed E-state index contributed by atoms with van der Waals surface area (Å²) in [6, 6.07) is 9.32. The number of hydrogen-bond donors (Lipinski definition) is 2. The monoisotopic (exact) mass is 372 g/mol. The van der Waals surface area contributed by atoms with Crippen LogP contribution in [0.3, 0.4) is 0 Å². The number of nitrogens with zero attached hydrogens (tertiary/aromatic N) is 2. The summed E-state index contributed by atoms with van der Waals surface area (Å²) in [5.74, 6) is -0.105. The Morgan fingerprint density at radius 1 is 1.26 bits per heavy atom. The highest BCUT2D eigenvalue weighted by Gasteiger charge is 2.51. The van der Waals surface area contributed by atoms with Crippen molar-refractivity contribution in [3.8, 4) is 0 Å². The van der Waals surface area contributed by atoms with E-state index in [1.54, 1.807) is 11.9 Å². The van der Waals surface area contributed by atoms with Crippen LogP contribution >= 0.6 is 0 Å². The molecule has 27 heavy (non-hydrogen) atoms. The van der Waals surface area contributed by atoms with Gasteiger partial charge in [0.1, 0.15) is 5.54 Å². The van der Waals surface area contributed by atoms with Crippen LogP contribution in [0.1, 0.15) is 50.6 Å². The van der Waals surface area contributed by atoms with E-state index in [4.69, 9.17) is 0 Å². The third-order valence-corrected chi connectivity index (χ3v) is 5.72. The number of urea groups is 2. The number of imide groups is 1. The van der Waals surface area contributed by atoms with Gasteiger partial charge in [0, 0.05) is 20.1 Å². The standard InChI is InChI=1S/C20H28N4O3/c1-15(16-9-4-3-5-10-16)23(2)18(26)21-13-8-14-24-17(25)20(22-19(24)27)11-6-7-12-20/h3-5,9-10,15H,6-8,11-14H2,1-2H3,(H,21,26)(H,22,27)/t15-/m1/s1. The molecule has 1 spiro atoms. The summed E-state index contributed by atoms with van der Waals surface area (Å²) in [5.41, 5.74) is 0.405. The molecule has 0 bridgehead atoms. The molecule has 1 saturated carbocycles. The van der Waals surface area contributed by atoms with Gasteiger partial charge in [-0.15, -0.1) is 0 Å². The van der Waals surface area contributed by atoms with Crippen LogP contribution in [0.5, 0.6) is 0 Å². The average Bonchev–Trinajstić information content (AvgIpc) is 3.24. The number of carbonyl (C=O) groups excluding carboxylic acids is 3. The van der Waals surface area contributed by atoms with Gasteiger partial charge in [0.05, 0.1) is 6.04 Å². The Hall–Kier alpha value is -2.57. The van der Waals surface area contributed by atoms with Crippen molar-refractivity contribution in [2.75, 3.05) is 20.1 Å². The Labute approximate surface area is 160 Å². The third-order valence-electron chi connectivity index (χ3n) is 5.72. The van der Waals surface area contributed by atoms with Crippen molar-refractivity contribution >= 4 is 18.0 Å². The van der Waals surface area contributed by atoms with Crippen LogP contribution in [0.15, 0.2) is 30.3 Å². The molecule has 1 atom stereocenters. The Balaban J connectivity index is 1.44. The molecular weight excluding hydrogens is 344 g/mol. The Bertz CT molecular complexity index is 700. The molecule has 2 aliphatic rings. The number of benzene rings is 1. The first-order valence-electron chi connectivity index (χ1n) is 9.64. The smallest absolute Gasteiger partial charge is 0.325 e. The van der Waals surface area contributed by atoms with E-state index >= 15 is 0 Å². The van der Waals surface area contributed by atoms with E-state index in [-0.39, 0.29) is 24.0 Å². The lowest BCUT2D eigenvalue weighted by atomic mass is 9.98. The SMILES string of the molecule is C[C@H](c1ccccc1)N(C)C(=O)NCCCN1C(=O)NC2(CCCC2)C1=O. The maximum Gasteiger partial charge on any atom is 0.325 e. The van der Waals surface area contributed by atoms with Gasteiger partial charge in [-0.25, -0.2) is 9.59 Å². The highest BCUT2D eigenvalue weighted by atomic mass is 16.2. The Morgan fingerprint density at radius 2 is 1.93 bits per heavy atom. The number of nitrogens with one attached hydrogen (secondary N) is 2. The second-order valence-corrected chi connectivity index (χ2v) is 7.46. The molecule has 0 aromatic heterocycles. The van der Waals surface area contributed by atoms with Gasteiger partial charge in [0.15, 0.2) is 0 Å². The van der Waals surface area contributed by atoms with Crippen LogP contribution < -0.4 is 10.6 Å². The van der Waals surface area contributed by atoms with Gasteiger partial charge in [-0.05, 0) is 31.7 Å². The summed E-state index contributed by atoms with van der Waals surface area (Å²) in [6.45, 7) is 2.71. The van der Waals surface area contributed by atoms with E-state index in [1.807, 2.05) is 37.3 Å². The topological polar surface area (TPSA) is 81.8 Å². The van der Waals surface area contributed by atoms with Gasteiger partial charge in [-0.3, -0.25) is 9.69 Å². The van der Waals surface area contributed by atoms with Gasteiger partial charge in [0.25, 0.3) is 5.91 Å². The zero-order chi connectivity index (χ0) is 19.4. The predicted octanol–water partition coefficient (Wildman–Crippen LogP) is 2.64. The fourth-order valence-electron chi connectivity index (χ4n) is 3.88. The number of amides is 5. The van der Waals surface area contributed by atoms with E-state index in [1.165, 1.54) is 4.90 Å². The molecule has 0 radical (unpaired) electrons. The summed E-state index contributed by atoms with van der Waals surface area (Å²) in [7, 11) is 1.76. The highest BCUT2D eigenvalue weighted by Crippen LogP contribution is 2.34. The molecule has 1 aliphatic carbocycles. The number of hydrogen-bond acceptors (Lipinski definition) is 3. The second-order valence-electron chi connectivity index (χ2n) is 7.46. The van der Waals surface area contributed by atoms with E-state index in [0.717, 1.165) is 31.2 Å². The normalized spacial score (nSPS) is 19.3. The van der Waals surface area contributed by atoms with Crippen LogP contribution in [-0.4, -0.2) is 53.4 Å². The van der Waals surface area contributed by atoms with E-state index in [9.17, 15) is 14.4 Å². The van der Waals surface area contributed by atoms with Gasteiger partial charge < -0.3 is 15.5 Å². The first-order chi connectivity index (χ1) is 12.9. The minimum atomic E-state index is -0.661. The fourth-order valence-corrected chi connectivity index (χ4v) is 3.88. The van der Waals surface area contributed by atoms with Gasteiger partial charge >= 0.3 is 12.1 Å². The summed E-state index contributed by atoms with van der Waals surface area (Å²) in [5, 5.41) is 5.74. The fraction of sp³-hybridized carbons (Fsp3) is 0.550. The van der Waals surface area contributed by atoms with Crippen LogP contribution in [0.25, 0.3) is 0 Å². The van der Waals surface area contributed by atoms with Gasteiger partial charge in [0.2, 0.25) is 0 Å². The predicted molar refractivity (Wildman–Crippen MR) is 102 cm³/mol. The maximum absolute atomic E-state index is 12.6. The van der Waals surface area contributed by atoms with Crippen molar-refractivity contribution in [3.63, 3.8) is 0 Å². The lowest BCUT2D eigenvalue weighted by Crippen LogP contribution is -2.44. The summed E-state index contributed by atoms with van der Waals surface area (Å²) < 4.78 is 0. The van der Waals surface area contributed by atoms with Gasteiger partial charge in [-0.1, -0.05) is 43.2 Å². The molecule has 0 unspecified atom stereocenters. The molecule has 1 saturated heterocycles. The van der Waals surface area contributed by atoms with Crippen LogP contribution in [0, 0.1) is 0 Å². The van der Waals surface area contributed by atoms with Gasteiger partial charge in [-0.2, -0.15) is 0 Å². The van der Waals surface area contributed by atoms with E-state index < -0.39 is 5.54 Å². The number of carbonyl (C=O) groups is 3. The second kappa shape index (κ2) is 7.98. The van der Waals surface area contributed by atoms with Crippen molar-refractivity contribution < 1.29 is 14.4 Å². The largest absolute Gasteiger partial charge is 0.338 e. The molecule has 146 valence electrons. The minimum absolute atomic E-state index is 0.0423. The molecule has 1 heterocycles. The lowest BCUT2D eigenvalue weighted by molar-refractivity contribution is -0.131. The van der Waals surface area contributed by atoms with E-state index in [2.05, 4.69) is 10.6 Å². The molecule has 7 heteroatoms. The van der Waals surface area contributed by atoms with Crippen molar-refractivity contribution in [2.24, 2.45) is 0 Å². The van der Waals surface area contributed by atoms with Crippen LogP contribution in [0.4, 0.5) is 9.59 Å². The molecule has 7 nitrogen and oxygen atoms in total. The molecule has 3 rings (SSSR count). The molecule has 1 aromatic rings.